The van der Waals surface area contributed by atoms with Gasteiger partial charge in [-0.1, -0.05) is 23.2 Å². The number of esters is 1. The van der Waals surface area contributed by atoms with Crippen LogP contribution in [-0.4, -0.2) is 41.9 Å². The zero-order chi connectivity index (χ0) is 25.0. The minimum absolute atomic E-state index is 0.138. The molecule has 0 unspecified atom stereocenters. The van der Waals surface area contributed by atoms with Gasteiger partial charge in [0.1, 0.15) is 0 Å². The van der Waals surface area contributed by atoms with Crippen LogP contribution in [0.15, 0.2) is 42.5 Å². The number of carbonyl (C=O) groups is 4. The maximum atomic E-state index is 12.8. The summed E-state index contributed by atoms with van der Waals surface area (Å²) in [6.45, 7) is -0.995. The molecule has 34 heavy (non-hydrogen) atoms. The van der Waals surface area contributed by atoms with Crippen LogP contribution in [-0.2, 0) is 25.3 Å². The number of nitrogens with one attached hydrogen (secondary N) is 2. The lowest BCUT2D eigenvalue weighted by atomic mass is 10.1. The Labute approximate surface area is 200 Å². The van der Waals surface area contributed by atoms with Crippen molar-refractivity contribution in [2.45, 2.75) is 12.6 Å². The van der Waals surface area contributed by atoms with Crippen molar-refractivity contribution in [3.05, 3.63) is 63.6 Å². The van der Waals surface area contributed by atoms with E-state index in [1.807, 2.05) is 0 Å². The summed E-state index contributed by atoms with van der Waals surface area (Å²) in [5.74, 6) is -3.89. The number of hydrazine groups is 1. The van der Waals surface area contributed by atoms with Crippen LogP contribution in [0.25, 0.3) is 0 Å². The van der Waals surface area contributed by atoms with Gasteiger partial charge >= 0.3 is 12.1 Å². The fraction of sp³-hybridized carbons (Fsp3) is 0.238. The number of anilines is 1. The molecule has 1 aliphatic heterocycles. The fourth-order valence-corrected chi connectivity index (χ4v) is 3.29. The highest BCUT2D eigenvalue weighted by atomic mass is 35.5. The Morgan fingerprint density at radius 3 is 2.41 bits per heavy atom. The largest absolute Gasteiger partial charge is 0.455 e. The molecule has 0 radical (unpaired) electrons. The maximum absolute atomic E-state index is 12.8. The molecular formula is C21H16Cl2F3N3O5. The first kappa shape index (κ1) is 25.3. The Balaban J connectivity index is 1.51. The van der Waals surface area contributed by atoms with Gasteiger partial charge in [-0.15, -0.1) is 0 Å². The number of hydrogen-bond donors (Lipinski definition) is 2. The van der Waals surface area contributed by atoms with E-state index in [1.54, 1.807) is 0 Å². The van der Waals surface area contributed by atoms with E-state index in [4.69, 9.17) is 27.9 Å². The first-order chi connectivity index (χ1) is 15.9. The van der Waals surface area contributed by atoms with Crippen molar-refractivity contribution in [1.29, 1.82) is 0 Å². The number of hydrogen-bond acceptors (Lipinski definition) is 5. The number of halogens is 5. The van der Waals surface area contributed by atoms with E-state index in [0.717, 1.165) is 17.1 Å². The Hall–Kier alpha value is -3.31. The summed E-state index contributed by atoms with van der Waals surface area (Å²) < 4.78 is 43.4. The van der Waals surface area contributed by atoms with Crippen molar-refractivity contribution in [3.63, 3.8) is 0 Å². The molecule has 8 nitrogen and oxygen atoms in total. The van der Waals surface area contributed by atoms with Gasteiger partial charge in [-0.2, -0.15) is 13.2 Å². The maximum Gasteiger partial charge on any atom is 0.416 e. The average molecular weight is 518 g/mol. The summed E-state index contributed by atoms with van der Waals surface area (Å²) in [6.07, 6.45) is -4.90. The summed E-state index contributed by atoms with van der Waals surface area (Å²) in [4.78, 5) is 48.7. The predicted octanol–water partition coefficient (Wildman–Crippen LogP) is 3.69. The van der Waals surface area contributed by atoms with Gasteiger partial charge in [0.25, 0.3) is 11.8 Å². The summed E-state index contributed by atoms with van der Waals surface area (Å²) in [5.41, 5.74) is 1.30. The van der Waals surface area contributed by atoms with Crippen LogP contribution in [0, 0.1) is 5.92 Å². The molecule has 0 saturated carbocycles. The molecule has 1 heterocycles. The number of ether oxygens (including phenoxy) is 1. The summed E-state index contributed by atoms with van der Waals surface area (Å²) in [6, 6.07) is 8.30. The van der Waals surface area contributed by atoms with Gasteiger partial charge < -0.3 is 10.1 Å². The number of alkyl halides is 3. The number of amides is 3. The topological polar surface area (TPSA) is 105 Å². The monoisotopic (exact) mass is 517 g/mol. The predicted molar refractivity (Wildman–Crippen MR) is 115 cm³/mol. The van der Waals surface area contributed by atoms with Gasteiger partial charge in [0.05, 0.1) is 28.7 Å². The van der Waals surface area contributed by atoms with E-state index in [-0.39, 0.29) is 29.2 Å². The molecule has 3 rings (SSSR count). The zero-order valence-corrected chi connectivity index (χ0v) is 18.6. The van der Waals surface area contributed by atoms with Crippen molar-refractivity contribution >= 4 is 52.6 Å². The van der Waals surface area contributed by atoms with Crippen LogP contribution in [0.2, 0.25) is 10.0 Å². The van der Waals surface area contributed by atoms with Crippen LogP contribution in [0.3, 0.4) is 0 Å². The van der Waals surface area contributed by atoms with Gasteiger partial charge in [-0.25, -0.2) is 0 Å². The smallest absolute Gasteiger partial charge is 0.416 e. The third-order valence-electron chi connectivity index (χ3n) is 4.71. The highest BCUT2D eigenvalue weighted by Gasteiger charge is 2.37. The highest BCUT2D eigenvalue weighted by Crippen LogP contribution is 2.33. The number of nitrogens with zero attached hydrogens (tertiary/aromatic N) is 1. The van der Waals surface area contributed by atoms with Gasteiger partial charge in [0.15, 0.2) is 6.61 Å². The van der Waals surface area contributed by atoms with E-state index in [2.05, 4.69) is 10.7 Å². The van der Waals surface area contributed by atoms with Crippen molar-refractivity contribution in [1.82, 2.24) is 10.4 Å². The van der Waals surface area contributed by atoms with E-state index < -0.39 is 48.0 Å². The van der Waals surface area contributed by atoms with Crippen molar-refractivity contribution in [2.24, 2.45) is 5.92 Å². The lowest BCUT2D eigenvalue weighted by molar-refractivity contribution is -0.151. The Kier molecular flexibility index (Phi) is 7.68. The van der Waals surface area contributed by atoms with Crippen LogP contribution in [0.1, 0.15) is 22.3 Å². The summed E-state index contributed by atoms with van der Waals surface area (Å²) in [5, 5.41) is 3.40. The zero-order valence-electron chi connectivity index (χ0n) is 17.1. The van der Waals surface area contributed by atoms with Gasteiger partial charge in [0, 0.05) is 17.0 Å². The SMILES string of the molecule is O=C(COC(=O)[C@@H]1CC(=O)N(NC(=O)c2ccc(Cl)cc2)C1)Nc1cc(C(F)(F)F)ccc1Cl. The molecule has 0 aromatic heterocycles. The minimum atomic E-state index is -4.64. The Bertz CT molecular complexity index is 1130. The Morgan fingerprint density at radius 2 is 1.76 bits per heavy atom. The van der Waals surface area contributed by atoms with Crippen LogP contribution in [0.5, 0.6) is 0 Å². The molecule has 1 saturated heterocycles. The lowest BCUT2D eigenvalue weighted by Crippen LogP contribution is -2.43. The second-order valence-electron chi connectivity index (χ2n) is 7.20. The first-order valence-corrected chi connectivity index (χ1v) is 10.4. The lowest BCUT2D eigenvalue weighted by Gasteiger charge is -2.17. The normalized spacial score (nSPS) is 15.7. The quantitative estimate of drug-likeness (QED) is 0.568. The van der Waals surface area contributed by atoms with Crippen LogP contribution >= 0.6 is 23.2 Å². The molecule has 3 amide bonds. The molecule has 2 N–H and O–H groups in total. The molecule has 1 atom stereocenters. The molecular weight excluding hydrogens is 502 g/mol. The third-order valence-corrected chi connectivity index (χ3v) is 5.30. The first-order valence-electron chi connectivity index (χ1n) is 9.64. The second kappa shape index (κ2) is 10.3. The standard InChI is InChI=1S/C21H16Cl2F3N3O5/c22-14-4-1-11(2-5-14)19(32)28-29-9-12(7-18(29)31)20(33)34-10-17(30)27-16-8-13(21(24,25)26)3-6-15(16)23/h1-6,8,12H,7,9-10H2,(H,27,30)(H,28,32)/t12-/m1/s1. The summed E-state index contributed by atoms with van der Waals surface area (Å²) in [7, 11) is 0. The molecule has 13 heteroatoms. The molecule has 1 aliphatic rings. The second-order valence-corrected chi connectivity index (χ2v) is 8.05. The van der Waals surface area contributed by atoms with Crippen molar-refractivity contribution in [2.75, 3.05) is 18.5 Å². The number of carbonyl (C=O) groups excluding carboxylic acids is 4. The molecule has 2 aromatic carbocycles. The summed E-state index contributed by atoms with van der Waals surface area (Å²) >= 11 is 11.6. The van der Waals surface area contributed by atoms with Crippen LogP contribution in [0.4, 0.5) is 18.9 Å². The van der Waals surface area contributed by atoms with Gasteiger partial charge in [0.2, 0.25) is 5.91 Å². The molecule has 180 valence electrons. The molecule has 0 bridgehead atoms. The molecule has 1 fully saturated rings. The van der Waals surface area contributed by atoms with E-state index >= 15 is 0 Å². The highest BCUT2D eigenvalue weighted by molar-refractivity contribution is 6.33. The van der Waals surface area contributed by atoms with E-state index in [1.165, 1.54) is 24.3 Å². The average Bonchev–Trinajstić information content (AvgIpc) is 3.13. The molecule has 0 spiro atoms. The molecule has 0 aliphatic carbocycles. The third kappa shape index (κ3) is 6.39. The van der Waals surface area contributed by atoms with Gasteiger partial charge in [-0.05, 0) is 42.5 Å². The Morgan fingerprint density at radius 1 is 1.09 bits per heavy atom. The van der Waals surface area contributed by atoms with E-state index in [9.17, 15) is 32.3 Å². The van der Waals surface area contributed by atoms with Gasteiger partial charge in [-0.3, -0.25) is 29.6 Å². The number of rotatable bonds is 6. The fourth-order valence-electron chi connectivity index (χ4n) is 3.00. The molecule has 2 aromatic rings. The number of benzene rings is 2. The van der Waals surface area contributed by atoms with E-state index in [0.29, 0.717) is 11.1 Å². The minimum Gasteiger partial charge on any atom is -0.455 e. The van der Waals surface area contributed by atoms with Crippen LogP contribution < -0.4 is 10.7 Å². The van der Waals surface area contributed by atoms with Crippen molar-refractivity contribution < 1.29 is 37.1 Å². The van der Waals surface area contributed by atoms with Crippen molar-refractivity contribution in [3.8, 4) is 0 Å².